The topological polar surface area (TPSA) is 96.9 Å². The van der Waals surface area contributed by atoms with Gasteiger partial charge in [-0.2, -0.15) is 10.4 Å². The van der Waals surface area contributed by atoms with E-state index in [0.29, 0.717) is 28.2 Å². The number of rotatable bonds is 7. The number of hydrogen-bond donors (Lipinski definition) is 1. The first-order valence-electron chi connectivity index (χ1n) is 9.79. The van der Waals surface area contributed by atoms with Crippen LogP contribution >= 0.6 is 0 Å². The molecule has 0 aliphatic rings. The normalized spacial score (nSPS) is 10.8. The van der Waals surface area contributed by atoms with Crippen LogP contribution in [-0.2, 0) is 6.61 Å². The average molecular weight is 425 g/mol. The minimum atomic E-state index is -0.485. The van der Waals surface area contributed by atoms with Crippen molar-refractivity contribution in [3.05, 3.63) is 95.2 Å². The van der Waals surface area contributed by atoms with Crippen LogP contribution in [0.25, 0.3) is 11.0 Å². The van der Waals surface area contributed by atoms with E-state index in [1.54, 1.807) is 31.4 Å². The van der Waals surface area contributed by atoms with Crippen LogP contribution in [0.4, 0.5) is 0 Å². The van der Waals surface area contributed by atoms with Crippen molar-refractivity contribution in [1.29, 1.82) is 5.26 Å². The van der Waals surface area contributed by atoms with E-state index in [9.17, 15) is 10.1 Å². The molecule has 3 aromatic carbocycles. The number of carbonyl (C=O) groups is 1. The second-order valence-corrected chi connectivity index (χ2v) is 6.78. The molecule has 0 bridgehead atoms. The summed E-state index contributed by atoms with van der Waals surface area (Å²) in [7, 11) is 1.54. The average Bonchev–Trinajstić information content (AvgIpc) is 3.28. The number of benzene rings is 3. The summed E-state index contributed by atoms with van der Waals surface area (Å²) < 4.78 is 16.8. The van der Waals surface area contributed by atoms with E-state index < -0.39 is 5.91 Å². The van der Waals surface area contributed by atoms with Crippen LogP contribution in [-0.4, -0.2) is 19.2 Å². The molecule has 32 heavy (non-hydrogen) atoms. The van der Waals surface area contributed by atoms with Crippen LogP contribution in [0.5, 0.6) is 11.5 Å². The Bertz CT molecular complexity index is 1330. The molecule has 4 aromatic rings. The molecule has 0 aliphatic heterocycles. The van der Waals surface area contributed by atoms with Crippen LogP contribution in [0, 0.1) is 11.3 Å². The highest BCUT2D eigenvalue weighted by molar-refractivity contribution is 5.97. The van der Waals surface area contributed by atoms with Crippen LogP contribution < -0.4 is 14.9 Å². The van der Waals surface area contributed by atoms with Gasteiger partial charge < -0.3 is 13.9 Å². The van der Waals surface area contributed by atoms with Crippen LogP contribution in [0.1, 0.15) is 27.2 Å². The summed E-state index contributed by atoms with van der Waals surface area (Å²) in [5, 5.41) is 14.0. The molecule has 0 fully saturated rings. The lowest BCUT2D eigenvalue weighted by Gasteiger charge is -2.10. The van der Waals surface area contributed by atoms with E-state index in [-0.39, 0.29) is 12.4 Å². The summed E-state index contributed by atoms with van der Waals surface area (Å²) >= 11 is 0. The summed E-state index contributed by atoms with van der Waals surface area (Å²) in [6.07, 6.45) is 1.49. The maximum absolute atomic E-state index is 12.4. The fourth-order valence-electron chi connectivity index (χ4n) is 3.15. The van der Waals surface area contributed by atoms with Gasteiger partial charge in [0.1, 0.15) is 12.4 Å². The van der Waals surface area contributed by atoms with E-state index in [2.05, 4.69) is 16.6 Å². The van der Waals surface area contributed by atoms with E-state index in [4.69, 9.17) is 13.9 Å². The lowest BCUT2D eigenvalue weighted by molar-refractivity contribution is 0.0929. The van der Waals surface area contributed by atoms with Crippen molar-refractivity contribution in [2.45, 2.75) is 6.61 Å². The van der Waals surface area contributed by atoms with Crippen molar-refractivity contribution in [3.8, 4) is 17.6 Å². The molecule has 1 N–H and O–H groups in total. The third-order valence-corrected chi connectivity index (χ3v) is 4.76. The number of hydrogen-bond acceptors (Lipinski definition) is 6. The fourth-order valence-corrected chi connectivity index (χ4v) is 3.15. The minimum Gasteiger partial charge on any atom is -0.493 e. The monoisotopic (exact) mass is 425 g/mol. The molecule has 1 amide bonds. The summed E-state index contributed by atoms with van der Waals surface area (Å²) in [5.74, 6) is 0.765. The predicted octanol–water partition coefficient (Wildman–Crippen LogP) is 4.66. The van der Waals surface area contributed by atoms with Gasteiger partial charge in [0.2, 0.25) is 0 Å². The van der Waals surface area contributed by atoms with Crippen molar-refractivity contribution >= 4 is 23.1 Å². The van der Waals surface area contributed by atoms with Gasteiger partial charge in [-0.25, -0.2) is 5.43 Å². The largest absolute Gasteiger partial charge is 0.493 e. The van der Waals surface area contributed by atoms with Crippen molar-refractivity contribution in [2.75, 3.05) is 7.11 Å². The number of nitriles is 1. The minimum absolute atomic E-state index is 0.124. The maximum atomic E-state index is 12.4. The molecule has 1 heterocycles. The van der Waals surface area contributed by atoms with Gasteiger partial charge in [0.05, 0.1) is 25.0 Å². The highest BCUT2D eigenvalue weighted by Gasteiger charge is 2.14. The second-order valence-electron chi connectivity index (χ2n) is 6.78. The standard InChI is InChI=1S/C25H19N3O4/c1-30-22-12-6-10-17-13-23(32-24(17)22)25(29)28-27-15-19-8-4-5-11-21(19)31-16-20-9-3-2-7-18(20)14-26/h2-13,15H,16H2,1H3,(H,28,29)/b27-15-. The van der Waals surface area contributed by atoms with Gasteiger partial charge in [-0.15, -0.1) is 0 Å². The summed E-state index contributed by atoms with van der Waals surface area (Å²) in [6, 6.07) is 23.7. The first-order valence-corrected chi connectivity index (χ1v) is 9.79. The molecule has 0 saturated carbocycles. The molecule has 4 rings (SSSR count). The van der Waals surface area contributed by atoms with Gasteiger partial charge in [-0.05, 0) is 30.3 Å². The third-order valence-electron chi connectivity index (χ3n) is 4.76. The van der Waals surface area contributed by atoms with Crippen molar-refractivity contribution in [2.24, 2.45) is 5.10 Å². The van der Waals surface area contributed by atoms with E-state index in [1.807, 2.05) is 48.5 Å². The summed E-state index contributed by atoms with van der Waals surface area (Å²) in [4.78, 5) is 12.4. The van der Waals surface area contributed by atoms with Crippen LogP contribution in [0.15, 0.2) is 82.3 Å². The number of nitrogens with one attached hydrogen (secondary N) is 1. The van der Waals surface area contributed by atoms with Crippen molar-refractivity contribution in [1.82, 2.24) is 5.43 Å². The smallest absolute Gasteiger partial charge is 0.307 e. The van der Waals surface area contributed by atoms with Crippen molar-refractivity contribution < 1.29 is 18.7 Å². The highest BCUT2D eigenvalue weighted by atomic mass is 16.5. The number of methoxy groups -OCH3 is 1. The zero-order valence-corrected chi connectivity index (χ0v) is 17.2. The number of hydrazone groups is 1. The van der Waals surface area contributed by atoms with Gasteiger partial charge in [-0.3, -0.25) is 4.79 Å². The van der Waals surface area contributed by atoms with Crippen LogP contribution in [0.3, 0.4) is 0 Å². The summed E-state index contributed by atoms with van der Waals surface area (Å²) in [5.41, 5.74) is 4.99. The SMILES string of the molecule is COc1cccc2cc(C(=O)N/N=C\c3ccccc3OCc3ccccc3C#N)oc12. The Balaban J connectivity index is 1.45. The van der Waals surface area contributed by atoms with Gasteiger partial charge in [0.15, 0.2) is 17.1 Å². The van der Waals surface area contributed by atoms with Gasteiger partial charge in [0.25, 0.3) is 0 Å². The molecular weight excluding hydrogens is 406 g/mol. The Morgan fingerprint density at radius 1 is 1.09 bits per heavy atom. The zero-order valence-electron chi connectivity index (χ0n) is 17.2. The maximum Gasteiger partial charge on any atom is 0.307 e. The first-order chi connectivity index (χ1) is 15.7. The first kappa shape index (κ1) is 20.7. The fraction of sp³-hybridized carbons (Fsp3) is 0.0800. The Morgan fingerprint density at radius 2 is 1.88 bits per heavy atom. The van der Waals surface area contributed by atoms with Gasteiger partial charge in [0, 0.05) is 16.5 Å². The number of amides is 1. The number of ether oxygens (including phenoxy) is 2. The van der Waals surface area contributed by atoms with Gasteiger partial charge >= 0.3 is 5.91 Å². The molecule has 0 unspecified atom stereocenters. The molecule has 7 heteroatoms. The highest BCUT2D eigenvalue weighted by Crippen LogP contribution is 2.28. The molecule has 1 aromatic heterocycles. The Morgan fingerprint density at radius 3 is 2.72 bits per heavy atom. The van der Waals surface area contributed by atoms with Crippen molar-refractivity contribution in [3.63, 3.8) is 0 Å². The molecule has 0 atom stereocenters. The molecule has 0 spiro atoms. The number of carbonyl (C=O) groups excluding carboxylic acids is 1. The molecule has 0 radical (unpaired) electrons. The van der Waals surface area contributed by atoms with Crippen LogP contribution in [0.2, 0.25) is 0 Å². The quantitative estimate of drug-likeness (QED) is 0.343. The van der Waals surface area contributed by atoms with E-state index in [1.165, 1.54) is 6.21 Å². The predicted molar refractivity (Wildman–Crippen MR) is 120 cm³/mol. The Labute approximate surface area is 184 Å². The molecule has 158 valence electrons. The van der Waals surface area contributed by atoms with Gasteiger partial charge in [-0.1, -0.05) is 42.5 Å². The van der Waals surface area contributed by atoms with E-state index >= 15 is 0 Å². The number of nitrogens with zero attached hydrogens (tertiary/aromatic N) is 2. The second kappa shape index (κ2) is 9.49. The summed E-state index contributed by atoms with van der Waals surface area (Å²) in [6.45, 7) is 0.238. The lowest BCUT2D eigenvalue weighted by Crippen LogP contribution is -2.16. The number of furan rings is 1. The van der Waals surface area contributed by atoms with E-state index in [0.717, 1.165) is 10.9 Å². The zero-order chi connectivity index (χ0) is 22.3. The number of fused-ring (bicyclic) bond motifs is 1. The molecular formula is C25H19N3O4. The number of para-hydroxylation sites is 2. The lowest BCUT2D eigenvalue weighted by atomic mass is 10.1. The molecule has 0 saturated heterocycles. The Kier molecular flexibility index (Phi) is 6.14. The molecule has 0 aliphatic carbocycles. The third kappa shape index (κ3) is 4.45. The molecule has 7 nitrogen and oxygen atoms in total. The Hall–Kier alpha value is -4.57.